The molecule has 1 atom stereocenters. The summed E-state index contributed by atoms with van der Waals surface area (Å²) >= 11 is 0. The van der Waals surface area contributed by atoms with Gasteiger partial charge in [0, 0.05) is 26.7 Å². The Kier molecular flexibility index (Phi) is 2.99. The van der Waals surface area contributed by atoms with Crippen LogP contribution in [0.25, 0.3) is 0 Å². The van der Waals surface area contributed by atoms with Crippen LogP contribution in [-0.4, -0.2) is 54.6 Å². The van der Waals surface area contributed by atoms with Crippen molar-refractivity contribution in [1.29, 1.82) is 0 Å². The molecule has 0 aromatic rings. The minimum Gasteiger partial charge on any atom is -0.323 e. The summed E-state index contributed by atoms with van der Waals surface area (Å²) in [6.07, 6.45) is 6.73. The van der Waals surface area contributed by atoms with Crippen molar-refractivity contribution in [2.45, 2.75) is 44.2 Å². The molecule has 1 aliphatic carbocycles. The summed E-state index contributed by atoms with van der Waals surface area (Å²) in [6, 6.07) is 1.19. The number of nitrogens with zero attached hydrogens (tertiary/aromatic N) is 2. The predicted molar refractivity (Wildman–Crippen MR) is 66.9 cm³/mol. The summed E-state index contributed by atoms with van der Waals surface area (Å²) in [5, 5.41) is 3.26. The van der Waals surface area contributed by atoms with Crippen LogP contribution in [0.1, 0.15) is 32.1 Å². The van der Waals surface area contributed by atoms with Crippen LogP contribution >= 0.6 is 0 Å². The van der Waals surface area contributed by atoms with Crippen LogP contribution in [0.4, 0.5) is 4.79 Å². The number of urea groups is 1. The number of amides is 2. The molecule has 3 fully saturated rings. The third kappa shape index (κ3) is 1.92. The van der Waals surface area contributed by atoms with Crippen LogP contribution in [0.15, 0.2) is 0 Å². The molecule has 2 aliphatic heterocycles. The summed E-state index contributed by atoms with van der Waals surface area (Å²) in [5.41, 5.74) is 0. The summed E-state index contributed by atoms with van der Waals surface area (Å²) in [7, 11) is 1.99. The molecule has 4 nitrogen and oxygen atoms in total. The molecule has 2 heterocycles. The topological polar surface area (TPSA) is 35.6 Å². The number of carbonyl (C=O) groups excluding carboxylic acids is 1. The molecule has 2 amide bonds. The maximum Gasteiger partial charge on any atom is 0.320 e. The number of likely N-dealkylation sites (N-methyl/N-ethyl adjacent to an activating group) is 1. The number of rotatable bonds is 2. The van der Waals surface area contributed by atoms with Gasteiger partial charge >= 0.3 is 6.03 Å². The molecule has 1 N–H and O–H groups in total. The second-order valence-corrected chi connectivity index (χ2v) is 5.82. The van der Waals surface area contributed by atoms with Gasteiger partial charge in [-0.2, -0.15) is 0 Å². The van der Waals surface area contributed by atoms with Crippen LogP contribution < -0.4 is 5.32 Å². The first-order valence-electron chi connectivity index (χ1n) is 7.01. The van der Waals surface area contributed by atoms with Crippen molar-refractivity contribution in [1.82, 2.24) is 15.1 Å². The standard InChI is InChI=1S/C13H23N3O/c1-15-12(10-5-3-2-4-6-10)9-16(13(15)17)11-7-14-8-11/h10-12,14H,2-9H2,1H3. The Labute approximate surface area is 103 Å². The van der Waals surface area contributed by atoms with Gasteiger partial charge in [0.05, 0.1) is 12.1 Å². The van der Waals surface area contributed by atoms with E-state index >= 15 is 0 Å². The van der Waals surface area contributed by atoms with Crippen molar-refractivity contribution in [3.05, 3.63) is 0 Å². The molecule has 17 heavy (non-hydrogen) atoms. The van der Waals surface area contributed by atoms with Gasteiger partial charge in [-0.15, -0.1) is 0 Å². The minimum atomic E-state index is 0.257. The monoisotopic (exact) mass is 237 g/mol. The Morgan fingerprint density at radius 2 is 1.88 bits per heavy atom. The van der Waals surface area contributed by atoms with Crippen molar-refractivity contribution in [2.24, 2.45) is 5.92 Å². The molecule has 0 aromatic carbocycles. The van der Waals surface area contributed by atoms with Gasteiger partial charge in [0.25, 0.3) is 0 Å². The average molecular weight is 237 g/mol. The minimum absolute atomic E-state index is 0.257. The smallest absolute Gasteiger partial charge is 0.320 e. The Bertz CT molecular complexity index is 297. The molecule has 1 unspecified atom stereocenters. The fourth-order valence-electron chi connectivity index (χ4n) is 3.53. The van der Waals surface area contributed by atoms with Crippen LogP contribution in [0, 0.1) is 5.92 Å². The van der Waals surface area contributed by atoms with Crippen LogP contribution in [0.2, 0.25) is 0 Å². The highest BCUT2D eigenvalue weighted by Gasteiger charge is 2.43. The van der Waals surface area contributed by atoms with Gasteiger partial charge in [0.15, 0.2) is 0 Å². The first-order valence-corrected chi connectivity index (χ1v) is 7.01. The normalized spacial score (nSPS) is 32.1. The summed E-state index contributed by atoms with van der Waals surface area (Å²) < 4.78 is 0. The van der Waals surface area contributed by atoms with E-state index in [0.717, 1.165) is 25.6 Å². The largest absolute Gasteiger partial charge is 0.323 e. The van der Waals surface area contributed by atoms with Crippen LogP contribution in [-0.2, 0) is 0 Å². The van der Waals surface area contributed by atoms with Crippen LogP contribution in [0.5, 0.6) is 0 Å². The molecule has 2 saturated heterocycles. The highest BCUT2D eigenvalue weighted by atomic mass is 16.2. The van der Waals surface area contributed by atoms with Crippen molar-refractivity contribution >= 4 is 6.03 Å². The van der Waals surface area contributed by atoms with Gasteiger partial charge in [-0.3, -0.25) is 0 Å². The zero-order valence-electron chi connectivity index (χ0n) is 10.7. The summed E-state index contributed by atoms with van der Waals surface area (Å²) in [5.74, 6) is 0.746. The SMILES string of the molecule is CN1C(=O)N(C2CNC2)CC1C1CCCCC1. The molecule has 0 spiro atoms. The molecule has 0 bridgehead atoms. The molecular weight excluding hydrogens is 214 g/mol. The second-order valence-electron chi connectivity index (χ2n) is 5.82. The van der Waals surface area contributed by atoms with Gasteiger partial charge in [-0.25, -0.2) is 4.79 Å². The quantitative estimate of drug-likeness (QED) is 0.785. The van der Waals surface area contributed by atoms with E-state index in [1.165, 1.54) is 32.1 Å². The number of hydrogen-bond acceptors (Lipinski definition) is 2. The summed E-state index contributed by atoms with van der Waals surface area (Å²) in [6.45, 7) is 2.93. The highest BCUT2D eigenvalue weighted by Crippen LogP contribution is 2.33. The second kappa shape index (κ2) is 4.48. The van der Waals surface area contributed by atoms with E-state index in [2.05, 4.69) is 10.2 Å². The van der Waals surface area contributed by atoms with Crippen molar-refractivity contribution in [2.75, 3.05) is 26.7 Å². The van der Waals surface area contributed by atoms with Gasteiger partial charge in [0.1, 0.15) is 0 Å². The Morgan fingerprint density at radius 1 is 1.18 bits per heavy atom. The molecule has 3 aliphatic rings. The lowest BCUT2D eigenvalue weighted by atomic mass is 9.83. The third-order valence-corrected chi connectivity index (χ3v) is 4.82. The first-order chi connectivity index (χ1) is 8.27. The number of nitrogens with one attached hydrogen (secondary N) is 1. The van der Waals surface area contributed by atoms with Gasteiger partial charge in [0.2, 0.25) is 0 Å². The zero-order valence-corrected chi connectivity index (χ0v) is 10.7. The summed E-state index contributed by atoms with van der Waals surface area (Å²) in [4.78, 5) is 16.3. The van der Waals surface area contributed by atoms with E-state index in [-0.39, 0.29) is 6.03 Å². The third-order valence-electron chi connectivity index (χ3n) is 4.82. The van der Waals surface area contributed by atoms with E-state index in [1.807, 2.05) is 11.9 Å². The maximum absolute atomic E-state index is 12.2. The van der Waals surface area contributed by atoms with Crippen LogP contribution in [0.3, 0.4) is 0 Å². The Balaban J connectivity index is 1.67. The highest BCUT2D eigenvalue weighted by molar-refractivity contribution is 5.77. The molecule has 4 heteroatoms. The van der Waals surface area contributed by atoms with E-state index in [9.17, 15) is 4.79 Å². The van der Waals surface area contributed by atoms with E-state index in [4.69, 9.17) is 0 Å². The fourth-order valence-corrected chi connectivity index (χ4v) is 3.53. The lowest BCUT2D eigenvalue weighted by Crippen LogP contribution is -2.58. The zero-order chi connectivity index (χ0) is 11.8. The van der Waals surface area contributed by atoms with E-state index < -0.39 is 0 Å². The molecule has 0 radical (unpaired) electrons. The molecule has 3 rings (SSSR count). The lowest BCUT2D eigenvalue weighted by molar-refractivity contribution is 0.162. The molecular formula is C13H23N3O. The van der Waals surface area contributed by atoms with Gasteiger partial charge in [-0.1, -0.05) is 19.3 Å². The fraction of sp³-hybridized carbons (Fsp3) is 0.923. The average Bonchev–Trinajstić information content (AvgIpc) is 2.57. The number of carbonyl (C=O) groups is 1. The maximum atomic E-state index is 12.2. The van der Waals surface area contributed by atoms with E-state index in [0.29, 0.717) is 12.1 Å². The van der Waals surface area contributed by atoms with Gasteiger partial charge < -0.3 is 15.1 Å². The van der Waals surface area contributed by atoms with Crippen molar-refractivity contribution in [3.63, 3.8) is 0 Å². The molecule has 1 saturated carbocycles. The van der Waals surface area contributed by atoms with Crippen molar-refractivity contribution < 1.29 is 4.79 Å². The van der Waals surface area contributed by atoms with Crippen molar-refractivity contribution in [3.8, 4) is 0 Å². The number of hydrogen-bond donors (Lipinski definition) is 1. The van der Waals surface area contributed by atoms with E-state index in [1.54, 1.807) is 0 Å². The lowest BCUT2D eigenvalue weighted by Gasteiger charge is -2.35. The first kappa shape index (κ1) is 11.3. The predicted octanol–water partition coefficient (Wildman–Crippen LogP) is 1.27. The Morgan fingerprint density at radius 3 is 2.47 bits per heavy atom. The molecule has 0 aromatic heterocycles. The van der Waals surface area contributed by atoms with Gasteiger partial charge in [-0.05, 0) is 18.8 Å². The Hall–Kier alpha value is -0.770. The molecule has 96 valence electrons.